The maximum Gasteiger partial charge on any atom is 0.265 e. The number of aryl methyl sites for hydroxylation is 1. The maximum absolute atomic E-state index is 12.8. The Balaban J connectivity index is 2.07. The molecule has 0 aliphatic heterocycles. The number of nitrogens with zero attached hydrogens (tertiary/aromatic N) is 4. The summed E-state index contributed by atoms with van der Waals surface area (Å²) < 4.78 is 26.8. The van der Waals surface area contributed by atoms with Crippen molar-refractivity contribution in [3.05, 3.63) is 59.6 Å². The van der Waals surface area contributed by atoms with Crippen LogP contribution in [0.1, 0.15) is 0 Å². The van der Waals surface area contributed by atoms with Crippen LogP contribution in [0.2, 0.25) is 5.02 Å². The number of sulfonamides is 1. The first-order valence-electron chi connectivity index (χ1n) is 7.11. The van der Waals surface area contributed by atoms with E-state index in [0.29, 0.717) is 10.7 Å². The number of halogens is 1. The lowest BCUT2D eigenvalue weighted by Gasteiger charge is -2.17. The summed E-state index contributed by atoms with van der Waals surface area (Å²) in [6.07, 6.45) is 0. The Hall–Kier alpha value is -2.38. The summed E-state index contributed by atoms with van der Waals surface area (Å²) in [7, 11) is -0.657. The van der Waals surface area contributed by atoms with E-state index in [0.717, 1.165) is 9.87 Å². The molecular weight excluding hydrogens is 348 g/mol. The summed E-state index contributed by atoms with van der Waals surface area (Å²) >= 11 is 5.83. The third-order valence-corrected chi connectivity index (χ3v) is 5.53. The Morgan fingerprint density at radius 3 is 2.25 bits per heavy atom. The predicted octanol–water partition coefficient (Wildman–Crippen LogP) is 2.96. The summed E-state index contributed by atoms with van der Waals surface area (Å²) in [6.45, 7) is 0. The smallest absolute Gasteiger partial charge is 0.250 e. The molecule has 0 saturated heterocycles. The molecule has 0 aliphatic rings. The van der Waals surface area contributed by atoms with Gasteiger partial charge in [-0.25, -0.2) is 12.7 Å². The second-order valence-corrected chi connectivity index (χ2v) is 7.56. The molecule has 0 radical (unpaired) electrons. The van der Waals surface area contributed by atoms with Crippen molar-refractivity contribution in [2.24, 2.45) is 7.05 Å². The number of aromatic nitrogens is 3. The Labute approximate surface area is 145 Å². The van der Waals surface area contributed by atoms with Gasteiger partial charge in [0.15, 0.2) is 5.82 Å². The van der Waals surface area contributed by atoms with Crippen molar-refractivity contribution in [2.75, 3.05) is 11.4 Å². The average molecular weight is 363 g/mol. The third-order valence-electron chi connectivity index (χ3n) is 3.51. The second kappa shape index (κ2) is 6.26. The van der Waals surface area contributed by atoms with Crippen LogP contribution < -0.4 is 4.31 Å². The van der Waals surface area contributed by atoms with Gasteiger partial charge in [-0.1, -0.05) is 41.9 Å². The lowest BCUT2D eigenvalue weighted by molar-refractivity contribution is 0.593. The quantitative estimate of drug-likeness (QED) is 0.715. The van der Waals surface area contributed by atoms with Crippen molar-refractivity contribution in [2.45, 2.75) is 4.90 Å². The van der Waals surface area contributed by atoms with Crippen LogP contribution in [-0.2, 0) is 17.1 Å². The third kappa shape index (κ3) is 3.00. The van der Waals surface area contributed by atoms with Gasteiger partial charge in [0.05, 0.1) is 4.90 Å². The molecule has 1 heterocycles. The molecule has 0 atom stereocenters. The maximum atomic E-state index is 12.8. The van der Waals surface area contributed by atoms with Crippen molar-refractivity contribution >= 4 is 27.4 Å². The van der Waals surface area contributed by atoms with E-state index >= 15 is 0 Å². The Kier molecular flexibility index (Phi) is 4.29. The van der Waals surface area contributed by atoms with E-state index in [-0.39, 0.29) is 10.7 Å². The first-order valence-corrected chi connectivity index (χ1v) is 8.92. The van der Waals surface area contributed by atoms with Crippen LogP contribution >= 0.6 is 11.6 Å². The monoisotopic (exact) mass is 362 g/mol. The van der Waals surface area contributed by atoms with Crippen LogP contribution in [0.25, 0.3) is 11.3 Å². The van der Waals surface area contributed by atoms with E-state index in [1.807, 2.05) is 30.3 Å². The molecule has 0 spiro atoms. The molecule has 6 nitrogen and oxygen atoms in total. The van der Waals surface area contributed by atoms with Crippen LogP contribution in [0.3, 0.4) is 0 Å². The number of hydrogen-bond donors (Lipinski definition) is 0. The van der Waals surface area contributed by atoms with E-state index in [2.05, 4.69) is 10.2 Å². The zero-order chi connectivity index (χ0) is 17.3. The van der Waals surface area contributed by atoms with Crippen molar-refractivity contribution in [1.29, 1.82) is 0 Å². The van der Waals surface area contributed by atoms with Gasteiger partial charge in [0, 0.05) is 24.7 Å². The van der Waals surface area contributed by atoms with Crippen LogP contribution in [0.5, 0.6) is 0 Å². The van der Waals surface area contributed by atoms with Crippen molar-refractivity contribution < 1.29 is 8.42 Å². The molecule has 0 bridgehead atoms. The molecule has 0 N–H and O–H groups in total. The summed E-state index contributed by atoms with van der Waals surface area (Å²) in [4.78, 5) is 1.49. The molecule has 0 amide bonds. The van der Waals surface area contributed by atoms with Crippen LogP contribution in [0, 0.1) is 0 Å². The molecule has 3 aromatic rings. The van der Waals surface area contributed by atoms with E-state index in [9.17, 15) is 8.42 Å². The SMILES string of the molecule is CN(c1nn(C)nc1-c1ccccc1)S(=O)(=O)c1ccc(Cl)cc1. The van der Waals surface area contributed by atoms with Gasteiger partial charge in [0.1, 0.15) is 5.69 Å². The Morgan fingerprint density at radius 1 is 1.00 bits per heavy atom. The van der Waals surface area contributed by atoms with Crippen LogP contribution in [-0.4, -0.2) is 30.5 Å². The molecule has 0 aliphatic carbocycles. The summed E-state index contributed by atoms with van der Waals surface area (Å²) in [5.41, 5.74) is 1.29. The minimum atomic E-state index is -3.77. The molecule has 8 heteroatoms. The van der Waals surface area contributed by atoms with Gasteiger partial charge in [0.2, 0.25) is 0 Å². The fraction of sp³-hybridized carbons (Fsp3) is 0.125. The number of rotatable bonds is 4. The standard InChI is InChI=1S/C16H15ClN4O2S/c1-20(24(22,23)14-10-8-13(17)9-11-14)16-15(18-21(2)19-16)12-6-4-3-5-7-12/h3-11H,1-2H3. The van der Waals surface area contributed by atoms with Crippen molar-refractivity contribution in [3.8, 4) is 11.3 Å². The normalized spacial score (nSPS) is 11.5. The topological polar surface area (TPSA) is 68.1 Å². The summed E-state index contributed by atoms with van der Waals surface area (Å²) in [5, 5.41) is 9.00. The van der Waals surface area contributed by atoms with Crippen LogP contribution in [0.4, 0.5) is 5.82 Å². The molecule has 1 aromatic heterocycles. The van der Waals surface area contributed by atoms with E-state index < -0.39 is 10.0 Å². The van der Waals surface area contributed by atoms with Gasteiger partial charge >= 0.3 is 0 Å². The molecule has 24 heavy (non-hydrogen) atoms. The minimum absolute atomic E-state index is 0.138. The first kappa shape index (κ1) is 16.5. The van der Waals surface area contributed by atoms with Gasteiger partial charge < -0.3 is 0 Å². The first-order chi connectivity index (χ1) is 11.4. The molecule has 0 fully saturated rings. The highest BCUT2D eigenvalue weighted by atomic mass is 35.5. The van der Waals surface area contributed by atoms with Gasteiger partial charge in [-0.15, -0.1) is 5.10 Å². The van der Waals surface area contributed by atoms with E-state index in [1.54, 1.807) is 7.05 Å². The van der Waals surface area contributed by atoms with Crippen molar-refractivity contribution in [1.82, 2.24) is 15.0 Å². The number of anilines is 1. The molecule has 2 aromatic carbocycles. The summed E-state index contributed by atoms with van der Waals surface area (Å²) in [6, 6.07) is 15.3. The zero-order valence-electron chi connectivity index (χ0n) is 13.1. The zero-order valence-corrected chi connectivity index (χ0v) is 14.7. The van der Waals surface area contributed by atoms with Gasteiger partial charge in [-0.3, -0.25) is 0 Å². The van der Waals surface area contributed by atoms with E-state index in [1.165, 1.54) is 36.1 Å². The second-order valence-electron chi connectivity index (χ2n) is 5.15. The Morgan fingerprint density at radius 2 is 1.62 bits per heavy atom. The summed E-state index contributed by atoms with van der Waals surface area (Å²) in [5.74, 6) is 0.263. The molecular formula is C16H15ClN4O2S. The molecule has 0 unspecified atom stereocenters. The van der Waals surface area contributed by atoms with Gasteiger partial charge in [-0.05, 0) is 24.3 Å². The fourth-order valence-electron chi connectivity index (χ4n) is 2.27. The van der Waals surface area contributed by atoms with Crippen molar-refractivity contribution in [3.63, 3.8) is 0 Å². The lowest BCUT2D eigenvalue weighted by atomic mass is 10.1. The van der Waals surface area contributed by atoms with Crippen LogP contribution in [0.15, 0.2) is 59.5 Å². The Bertz CT molecular complexity index is 954. The highest BCUT2D eigenvalue weighted by Crippen LogP contribution is 2.30. The lowest BCUT2D eigenvalue weighted by Crippen LogP contribution is -2.27. The largest absolute Gasteiger partial charge is 0.265 e. The molecule has 3 rings (SSSR count). The minimum Gasteiger partial charge on any atom is -0.250 e. The molecule has 124 valence electrons. The average Bonchev–Trinajstić information content (AvgIpc) is 2.97. The predicted molar refractivity (Wildman–Crippen MR) is 93.5 cm³/mol. The highest BCUT2D eigenvalue weighted by molar-refractivity contribution is 7.92. The van der Waals surface area contributed by atoms with E-state index in [4.69, 9.17) is 11.6 Å². The number of benzene rings is 2. The van der Waals surface area contributed by atoms with Gasteiger partial charge in [0.25, 0.3) is 10.0 Å². The van der Waals surface area contributed by atoms with Gasteiger partial charge in [-0.2, -0.15) is 9.90 Å². The number of hydrogen-bond acceptors (Lipinski definition) is 4. The highest BCUT2D eigenvalue weighted by Gasteiger charge is 2.27. The fourth-order valence-corrected chi connectivity index (χ4v) is 3.54. The molecule has 0 saturated carbocycles.